The van der Waals surface area contributed by atoms with Crippen LogP contribution in [0.25, 0.3) is 0 Å². The van der Waals surface area contributed by atoms with E-state index in [4.69, 9.17) is 5.11 Å². The minimum absolute atomic E-state index is 0.286. The van der Waals surface area contributed by atoms with Crippen molar-refractivity contribution in [1.29, 1.82) is 0 Å². The summed E-state index contributed by atoms with van der Waals surface area (Å²) in [5, 5.41) is 8.66. The molecule has 0 aliphatic carbocycles. The maximum Gasteiger partial charge on any atom is 0.149 e. The van der Waals surface area contributed by atoms with Crippen LogP contribution in [0.1, 0.15) is 25.0 Å². The zero-order chi connectivity index (χ0) is 11.1. The van der Waals surface area contributed by atoms with E-state index in [-0.39, 0.29) is 6.61 Å². The highest BCUT2D eigenvalue weighted by Crippen LogP contribution is 2.12. The van der Waals surface area contributed by atoms with Crippen molar-refractivity contribution in [1.82, 2.24) is 9.97 Å². The first kappa shape index (κ1) is 11.9. The summed E-state index contributed by atoms with van der Waals surface area (Å²) in [6.45, 7) is 3.21. The molecule has 0 atom stereocenters. The standard InChI is InChI=1S/C11H19N3O/c1-10-11(13-7-6-12-10)14(2)8-4-3-5-9-15/h6-7,15H,3-5,8-9H2,1-2H3. The average Bonchev–Trinajstić information content (AvgIpc) is 2.25. The number of hydrogen-bond acceptors (Lipinski definition) is 4. The maximum absolute atomic E-state index is 8.66. The van der Waals surface area contributed by atoms with Crippen LogP contribution in [0.2, 0.25) is 0 Å². The third-order valence-electron chi connectivity index (χ3n) is 2.37. The first-order chi connectivity index (χ1) is 7.25. The lowest BCUT2D eigenvalue weighted by Crippen LogP contribution is -2.21. The fraction of sp³-hybridized carbons (Fsp3) is 0.636. The minimum atomic E-state index is 0.286. The van der Waals surface area contributed by atoms with Gasteiger partial charge in [-0.2, -0.15) is 0 Å². The summed E-state index contributed by atoms with van der Waals surface area (Å²) in [6.07, 6.45) is 6.44. The Labute approximate surface area is 91.0 Å². The van der Waals surface area contributed by atoms with Gasteiger partial charge < -0.3 is 10.0 Å². The van der Waals surface area contributed by atoms with Gasteiger partial charge in [0.1, 0.15) is 5.82 Å². The van der Waals surface area contributed by atoms with Gasteiger partial charge in [-0.3, -0.25) is 4.98 Å². The molecule has 1 N–H and O–H groups in total. The van der Waals surface area contributed by atoms with E-state index in [1.54, 1.807) is 12.4 Å². The van der Waals surface area contributed by atoms with E-state index in [1.165, 1.54) is 0 Å². The Kier molecular flexibility index (Phi) is 5.04. The molecule has 84 valence electrons. The molecule has 0 fully saturated rings. The highest BCUT2D eigenvalue weighted by molar-refractivity contribution is 5.40. The second-order valence-corrected chi connectivity index (χ2v) is 3.67. The normalized spacial score (nSPS) is 10.3. The number of aliphatic hydroxyl groups is 1. The molecule has 15 heavy (non-hydrogen) atoms. The van der Waals surface area contributed by atoms with Gasteiger partial charge in [0.2, 0.25) is 0 Å². The van der Waals surface area contributed by atoms with E-state index in [0.717, 1.165) is 37.3 Å². The highest BCUT2D eigenvalue weighted by Gasteiger charge is 2.05. The summed E-state index contributed by atoms with van der Waals surface area (Å²) >= 11 is 0. The van der Waals surface area contributed by atoms with E-state index < -0.39 is 0 Å². The third kappa shape index (κ3) is 3.83. The van der Waals surface area contributed by atoms with Crippen LogP contribution in [0.4, 0.5) is 5.82 Å². The molecule has 1 heterocycles. The van der Waals surface area contributed by atoms with Crippen LogP contribution in [-0.4, -0.2) is 35.3 Å². The summed E-state index contributed by atoms with van der Waals surface area (Å²) in [6, 6.07) is 0. The van der Waals surface area contributed by atoms with Crippen LogP contribution in [0, 0.1) is 6.92 Å². The van der Waals surface area contributed by atoms with Crippen molar-refractivity contribution in [3.63, 3.8) is 0 Å². The Hall–Kier alpha value is -1.16. The molecule has 1 aromatic heterocycles. The van der Waals surface area contributed by atoms with Crippen LogP contribution < -0.4 is 4.90 Å². The number of nitrogens with zero attached hydrogens (tertiary/aromatic N) is 3. The number of hydrogen-bond donors (Lipinski definition) is 1. The van der Waals surface area contributed by atoms with Crippen molar-refractivity contribution < 1.29 is 5.11 Å². The van der Waals surface area contributed by atoms with E-state index in [2.05, 4.69) is 14.9 Å². The molecule has 0 spiro atoms. The Morgan fingerprint density at radius 2 is 1.93 bits per heavy atom. The number of anilines is 1. The Morgan fingerprint density at radius 1 is 1.20 bits per heavy atom. The van der Waals surface area contributed by atoms with Crippen molar-refractivity contribution in [3.05, 3.63) is 18.1 Å². The monoisotopic (exact) mass is 209 g/mol. The summed E-state index contributed by atoms with van der Waals surface area (Å²) in [4.78, 5) is 10.6. The molecule has 0 saturated carbocycles. The van der Waals surface area contributed by atoms with Gasteiger partial charge in [0, 0.05) is 32.6 Å². The number of aryl methyl sites for hydroxylation is 1. The van der Waals surface area contributed by atoms with Gasteiger partial charge in [0.15, 0.2) is 0 Å². The van der Waals surface area contributed by atoms with Gasteiger partial charge in [0.05, 0.1) is 5.69 Å². The van der Waals surface area contributed by atoms with Gasteiger partial charge in [-0.05, 0) is 26.2 Å². The van der Waals surface area contributed by atoms with E-state index in [9.17, 15) is 0 Å². The average molecular weight is 209 g/mol. The zero-order valence-corrected chi connectivity index (χ0v) is 9.48. The number of unbranched alkanes of at least 4 members (excludes halogenated alkanes) is 2. The molecule has 1 rings (SSSR count). The summed E-state index contributed by atoms with van der Waals surface area (Å²) < 4.78 is 0. The van der Waals surface area contributed by atoms with Crippen LogP contribution in [0.15, 0.2) is 12.4 Å². The van der Waals surface area contributed by atoms with Crippen LogP contribution in [0.5, 0.6) is 0 Å². The molecular formula is C11H19N3O. The lowest BCUT2D eigenvalue weighted by Gasteiger charge is -2.18. The molecule has 0 amide bonds. The first-order valence-electron chi connectivity index (χ1n) is 5.35. The lowest BCUT2D eigenvalue weighted by molar-refractivity contribution is 0.283. The van der Waals surface area contributed by atoms with Gasteiger partial charge >= 0.3 is 0 Å². The molecule has 0 aromatic carbocycles. The van der Waals surface area contributed by atoms with Crippen LogP contribution in [-0.2, 0) is 0 Å². The lowest BCUT2D eigenvalue weighted by atomic mass is 10.2. The Balaban J connectivity index is 2.40. The molecule has 4 heteroatoms. The second-order valence-electron chi connectivity index (χ2n) is 3.67. The highest BCUT2D eigenvalue weighted by atomic mass is 16.2. The molecule has 0 saturated heterocycles. The molecule has 0 aliphatic heterocycles. The summed E-state index contributed by atoms with van der Waals surface area (Å²) in [7, 11) is 2.02. The van der Waals surface area contributed by atoms with Gasteiger partial charge in [-0.15, -0.1) is 0 Å². The smallest absolute Gasteiger partial charge is 0.149 e. The SMILES string of the molecule is Cc1nccnc1N(C)CCCCCO. The van der Waals surface area contributed by atoms with Crippen molar-refractivity contribution in [2.45, 2.75) is 26.2 Å². The van der Waals surface area contributed by atoms with Crippen LogP contribution >= 0.6 is 0 Å². The quantitative estimate of drug-likeness (QED) is 0.719. The molecule has 0 aliphatic rings. The van der Waals surface area contributed by atoms with Crippen LogP contribution in [0.3, 0.4) is 0 Å². The predicted molar refractivity (Wildman–Crippen MR) is 61.0 cm³/mol. The van der Waals surface area contributed by atoms with Crippen molar-refractivity contribution in [2.24, 2.45) is 0 Å². The second kappa shape index (κ2) is 6.35. The zero-order valence-electron chi connectivity index (χ0n) is 9.48. The Morgan fingerprint density at radius 3 is 2.60 bits per heavy atom. The minimum Gasteiger partial charge on any atom is -0.396 e. The predicted octanol–water partition coefficient (Wildman–Crippen LogP) is 1.38. The molecule has 0 bridgehead atoms. The maximum atomic E-state index is 8.66. The third-order valence-corrected chi connectivity index (χ3v) is 2.37. The largest absolute Gasteiger partial charge is 0.396 e. The first-order valence-corrected chi connectivity index (χ1v) is 5.35. The topological polar surface area (TPSA) is 49.2 Å². The van der Waals surface area contributed by atoms with Gasteiger partial charge in [-0.25, -0.2) is 4.98 Å². The van der Waals surface area contributed by atoms with Gasteiger partial charge in [0.25, 0.3) is 0 Å². The van der Waals surface area contributed by atoms with E-state index in [1.807, 2.05) is 14.0 Å². The molecule has 0 unspecified atom stereocenters. The molecule has 0 radical (unpaired) electrons. The fourth-order valence-corrected chi connectivity index (χ4v) is 1.52. The van der Waals surface area contributed by atoms with E-state index in [0.29, 0.717) is 0 Å². The number of rotatable bonds is 6. The molecular weight excluding hydrogens is 190 g/mol. The Bertz CT molecular complexity index is 291. The summed E-state index contributed by atoms with van der Waals surface area (Å²) in [5.41, 5.74) is 0.960. The molecule has 1 aromatic rings. The number of aliphatic hydroxyl groups excluding tert-OH is 1. The fourth-order valence-electron chi connectivity index (χ4n) is 1.52. The van der Waals surface area contributed by atoms with Gasteiger partial charge in [-0.1, -0.05) is 0 Å². The van der Waals surface area contributed by atoms with Crippen molar-refractivity contribution in [2.75, 3.05) is 25.1 Å². The van der Waals surface area contributed by atoms with E-state index >= 15 is 0 Å². The number of aromatic nitrogens is 2. The van der Waals surface area contributed by atoms with Crippen molar-refractivity contribution in [3.8, 4) is 0 Å². The molecule has 4 nitrogen and oxygen atoms in total. The summed E-state index contributed by atoms with van der Waals surface area (Å²) in [5.74, 6) is 0.946. The van der Waals surface area contributed by atoms with Crippen molar-refractivity contribution >= 4 is 5.82 Å².